The van der Waals surface area contributed by atoms with Crippen LogP contribution in [-0.2, 0) is 4.79 Å². The predicted molar refractivity (Wildman–Crippen MR) is 149 cm³/mol. The Bertz CT molecular complexity index is 1480. The van der Waals surface area contributed by atoms with Gasteiger partial charge >= 0.3 is 0 Å². The summed E-state index contributed by atoms with van der Waals surface area (Å²) in [5, 5.41) is 11.1. The minimum Gasteiger partial charge on any atom is -0.495 e. The lowest BCUT2D eigenvalue weighted by atomic mass is 10.00. The average molecular weight is 513 g/mol. The van der Waals surface area contributed by atoms with Crippen LogP contribution in [0.4, 0.5) is 17.3 Å². The molecule has 1 atom stereocenters. The highest BCUT2D eigenvalue weighted by molar-refractivity contribution is 6.06. The predicted octanol–water partition coefficient (Wildman–Crippen LogP) is 5.63. The zero-order chi connectivity index (χ0) is 26.8. The van der Waals surface area contributed by atoms with Gasteiger partial charge in [0.2, 0.25) is 5.95 Å². The van der Waals surface area contributed by atoms with E-state index in [1.807, 2.05) is 50.2 Å². The van der Waals surface area contributed by atoms with E-state index < -0.39 is 6.04 Å². The normalized spacial score (nSPS) is 14.6. The molecule has 0 bridgehead atoms. The highest BCUT2D eigenvalue weighted by atomic mass is 16.5. The molecule has 1 unspecified atom stereocenters. The van der Waals surface area contributed by atoms with Gasteiger partial charge in [-0.3, -0.25) is 4.79 Å². The SMILES string of the molecule is CCN(CC)c1ccc(-c2nc3n(n2)C(c2ccc(C)o2)C(C(=O)Nc2ccccc2OC)=C(C)N3)cc1. The number of anilines is 3. The van der Waals surface area contributed by atoms with Crippen LogP contribution in [0.15, 0.2) is 76.4 Å². The second-order valence-corrected chi connectivity index (χ2v) is 9.09. The molecule has 0 saturated carbocycles. The van der Waals surface area contributed by atoms with Crippen LogP contribution in [0.25, 0.3) is 11.4 Å². The Kier molecular flexibility index (Phi) is 6.91. The molecule has 0 aliphatic carbocycles. The van der Waals surface area contributed by atoms with E-state index in [1.54, 1.807) is 23.9 Å². The van der Waals surface area contributed by atoms with Gasteiger partial charge in [0.25, 0.3) is 5.91 Å². The number of hydrogen-bond donors (Lipinski definition) is 2. The van der Waals surface area contributed by atoms with Crippen molar-refractivity contribution in [1.82, 2.24) is 14.8 Å². The number of ether oxygens (including phenoxy) is 1. The van der Waals surface area contributed by atoms with Crippen molar-refractivity contribution in [2.24, 2.45) is 0 Å². The number of nitrogens with zero attached hydrogens (tertiary/aromatic N) is 4. The molecule has 2 aromatic heterocycles. The monoisotopic (exact) mass is 512 g/mol. The Balaban J connectivity index is 1.53. The Morgan fingerprint density at radius 2 is 1.82 bits per heavy atom. The lowest BCUT2D eigenvalue weighted by molar-refractivity contribution is -0.113. The summed E-state index contributed by atoms with van der Waals surface area (Å²) in [5.74, 6) is 2.73. The second-order valence-electron chi connectivity index (χ2n) is 9.09. The average Bonchev–Trinajstić information content (AvgIpc) is 3.55. The zero-order valence-electron chi connectivity index (χ0n) is 22.3. The maximum atomic E-state index is 13.7. The van der Waals surface area contributed by atoms with Crippen LogP contribution in [0, 0.1) is 6.92 Å². The number of amides is 1. The fraction of sp³-hybridized carbons (Fsp3) is 0.276. The number of carbonyl (C=O) groups is 1. The lowest BCUT2D eigenvalue weighted by Crippen LogP contribution is -2.31. The fourth-order valence-corrected chi connectivity index (χ4v) is 4.78. The molecule has 9 nitrogen and oxygen atoms in total. The molecule has 2 N–H and O–H groups in total. The van der Waals surface area contributed by atoms with E-state index >= 15 is 0 Å². The van der Waals surface area contributed by atoms with Gasteiger partial charge in [0, 0.05) is 30.0 Å². The van der Waals surface area contributed by atoms with Crippen LogP contribution in [0.3, 0.4) is 0 Å². The van der Waals surface area contributed by atoms with Gasteiger partial charge in [-0.2, -0.15) is 4.98 Å². The summed E-state index contributed by atoms with van der Waals surface area (Å²) >= 11 is 0. The molecule has 0 radical (unpaired) electrons. The van der Waals surface area contributed by atoms with E-state index in [4.69, 9.17) is 19.2 Å². The molecular weight excluding hydrogens is 480 g/mol. The molecule has 3 heterocycles. The summed E-state index contributed by atoms with van der Waals surface area (Å²) in [6, 6.07) is 18.7. The molecule has 1 aliphatic rings. The summed E-state index contributed by atoms with van der Waals surface area (Å²) in [5.41, 5.74) is 3.76. The van der Waals surface area contributed by atoms with Crippen LogP contribution in [0.2, 0.25) is 0 Å². The summed E-state index contributed by atoms with van der Waals surface area (Å²) in [6.45, 7) is 9.89. The van der Waals surface area contributed by atoms with Gasteiger partial charge in [0.1, 0.15) is 23.3 Å². The largest absolute Gasteiger partial charge is 0.495 e. The van der Waals surface area contributed by atoms with Crippen molar-refractivity contribution in [3.63, 3.8) is 0 Å². The van der Waals surface area contributed by atoms with E-state index in [0.717, 1.165) is 30.1 Å². The van der Waals surface area contributed by atoms with Crippen molar-refractivity contribution in [2.45, 2.75) is 33.7 Å². The van der Waals surface area contributed by atoms with E-state index in [-0.39, 0.29) is 5.91 Å². The molecule has 2 aromatic carbocycles. The molecule has 38 heavy (non-hydrogen) atoms. The summed E-state index contributed by atoms with van der Waals surface area (Å²) in [6.07, 6.45) is 0. The quantitative estimate of drug-likeness (QED) is 0.316. The minimum absolute atomic E-state index is 0.287. The van der Waals surface area contributed by atoms with E-state index in [9.17, 15) is 4.79 Å². The van der Waals surface area contributed by atoms with Gasteiger partial charge in [-0.05, 0) is 76.2 Å². The van der Waals surface area contributed by atoms with Crippen molar-refractivity contribution in [3.8, 4) is 17.1 Å². The first-order valence-electron chi connectivity index (χ1n) is 12.7. The van der Waals surface area contributed by atoms with Crippen molar-refractivity contribution in [3.05, 3.63) is 83.5 Å². The van der Waals surface area contributed by atoms with Gasteiger partial charge in [-0.1, -0.05) is 12.1 Å². The second kappa shape index (κ2) is 10.5. The van der Waals surface area contributed by atoms with E-state index in [2.05, 4.69) is 41.5 Å². The lowest BCUT2D eigenvalue weighted by Gasteiger charge is -2.27. The zero-order valence-corrected chi connectivity index (χ0v) is 22.3. The molecule has 1 amide bonds. The van der Waals surface area contributed by atoms with E-state index in [0.29, 0.717) is 40.2 Å². The van der Waals surface area contributed by atoms with Gasteiger partial charge in [-0.15, -0.1) is 5.10 Å². The molecule has 4 aromatic rings. The standard InChI is InChI=1S/C29H32N6O3/c1-6-34(7-2)21-15-13-20(14-16-21)27-32-29-30-19(4)25(26(35(29)33-27)24-17-12-18(3)38-24)28(36)31-22-10-8-9-11-23(22)37-5/h8-17,26H,6-7H2,1-5H3,(H,31,36)(H,30,32,33). The molecule has 9 heteroatoms. The number of aromatic nitrogens is 3. The van der Waals surface area contributed by atoms with Crippen LogP contribution in [0.5, 0.6) is 5.75 Å². The summed E-state index contributed by atoms with van der Waals surface area (Å²) in [7, 11) is 1.57. The van der Waals surface area contributed by atoms with Crippen LogP contribution < -0.4 is 20.3 Å². The number of aryl methyl sites for hydroxylation is 1. The number of hydrogen-bond acceptors (Lipinski definition) is 7. The first-order chi connectivity index (χ1) is 18.4. The van der Waals surface area contributed by atoms with Gasteiger partial charge in [0.05, 0.1) is 18.4 Å². The smallest absolute Gasteiger partial charge is 0.256 e. The number of carbonyl (C=O) groups excluding carboxylic acids is 1. The Morgan fingerprint density at radius 1 is 1.08 bits per heavy atom. The van der Waals surface area contributed by atoms with Crippen LogP contribution >= 0.6 is 0 Å². The molecular formula is C29H32N6O3. The van der Waals surface area contributed by atoms with Crippen LogP contribution in [-0.4, -0.2) is 40.9 Å². The highest BCUT2D eigenvalue weighted by Gasteiger charge is 2.36. The van der Waals surface area contributed by atoms with Crippen molar-refractivity contribution < 1.29 is 13.9 Å². The summed E-state index contributed by atoms with van der Waals surface area (Å²) < 4.78 is 13.2. The van der Waals surface area contributed by atoms with Gasteiger partial charge < -0.3 is 24.7 Å². The number of methoxy groups -OCH3 is 1. The fourth-order valence-electron chi connectivity index (χ4n) is 4.78. The Labute approximate surface area is 222 Å². The maximum absolute atomic E-state index is 13.7. The topological polar surface area (TPSA) is 97.5 Å². The van der Waals surface area contributed by atoms with E-state index in [1.165, 1.54) is 0 Å². The van der Waals surface area contributed by atoms with Crippen LogP contribution in [0.1, 0.15) is 38.3 Å². The molecule has 1 aliphatic heterocycles. The Morgan fingerprint density at radius 3 is 2.47 bits per heavy atom. The third kappa shape index (κ3) is 4.63. The summed E-state index contributed by atoms with van der Waals surface area (Å²) in [4.78, 5) is 20.8. The number of allylic oxidation sites excluding steroid dienone is 1. The third-order valence-corrected chi connectivity index (χ3v) is 6.74. The molecule has 0 fully saturated rings. The Hall–Kier alpha value is -4.53. The maximum Gasteiger partial charge on any atom is 0.256 e. The first kappa shape index (κ1) is 25.1. The molecule has 0 saturated heterocycles. The number of rotatable bonds is 8. The molecule has 5 rings (SSSR count). The number of nitrogens with one attached hydrogen (secondary N) is 2. The van der Waals surface area contributed by atoms with Gasteiger partial charge in [-0.25, -0.2) is 4.68 Å². The molecule has 0 spiro atoms. The first-order valence-corrected chi connectivity index (χ1v) is 12.7. The number of fused-ring (bicyclic) bond motifs is 1. The van der Waals surface area contributed by atoms with Gasteiger partial charge in [0.15, 0.2) is 5.82 Å². The molecule has 196 valence electrons. The van der Waals surface area contributed by atoms with Crippen molar-refractivity contribution >= 4 is 23.2 Å². The highest BCUT2D eigenvalue weighted by Crippen LogP contribution is 2.38. The van der Waals surface area contributed by atoms with Crippen molar-refractivity contribution in [1.29, 1.82) is 0 Å². The minimum atomic E-state index is -0.606. The van der Waals surface area contributed by atoms with Crippen molar-refractivity contribution in [2.75, 3.05) is 35.7 Å². The number of furan rings is 1. The number of para-hydroxylation sites is 2. The third-order valence-electron chi connectivity index (χ3n) is 6.74. The number of benzene rings is 2.